The monoisotopic (exact) mass is 1820 g/mol. The molecule has 0 fully saturated rings. The Kier molecular flexibility index (Phi) is 20.2. The van der Waals surface area contributed by atoms with Gasteiger partial charge in [-0.25, -0.2) is 29.9 Å². The standard InChI is InChI=1S/2C47H30N2.C43H28N2/c1-4-15-32(16-5-1)44-45(48-42-29-26-31-14-10-11-21-38(31)46(42)49-44)34-25-27-37-33(30-34)24-28-40-39-22-12-13-23-41(39)47(43(37)40,35-17-6-2-7-18-35)36-19-8-3-9-20-36;1-4-15-32(16-5-1)44-45(49-46-38-21-11-10-14-31(38)26-29-42(46)48-44)34-25-27-37-33(30-34)24-28-40-39-22-12-13-23-41(39)47(43(37)40,35-17-6-2-7-18-35)36-19-8-3-9-20-36;1-4-14-29(15-5-1)41-42(45-39-23-13-12-22-38(39)44-41)31-25-26-34-30(28-31)24-27-36-35-20-10-11-21-37(35)43(40(34)36,32-16-6-2-7-17-32)33-18-8-3-9-19-33/h2*1-30H;1-28H. The van der Waals surface area contributed by atoms with Crippen LogP contribution in [0.5, 0.6) is 0 Å². The maximum absolute atomic E-state index is 5.42. The zero-order valence-electron chi connectivity index (χ0n) is 78.0. The first kappa shape index (κ1) is 83.7. The van der Waals surface area contributed by atoms with Gasteiger partial charge in [-0.15, -0.1) is 0 Å². The summed E-state index contributed by atoms with van der Waals surface area (Å²) in [6, 6.07) is 192. The topological polar surface area (TPSA) is 77.3 Å². The normalized spacial score (nSPS) is 13.1. The van der Waals surface area contributed by atoms with E-state index in [4.69, 9.17) is 29.9 Å². The summed E-state index contributed by atoms with van der Waals surface area (Å²) in [5.41, 5.74) is 39.0. The Morgan fingerprint density at radius 3 is 0.671 bits per heavy atom. The summed E-state index contributed by atoms with van der Waals surface area (Å²) in [7, 11) is 0. The van der Waals surface area contributed by atoms with Gasteiger partial charge < -0.3 is 0 Å². The van der Waals surface area contributed by atoms with E-state index >= 15 is 0 Å². The molecule has 143 heavy (non-hydrogen) atoms. The lowest BCUT2D eigenvalue weighted by Crippen LogP contribution is -2.28. The van der Waals surface area contributed by atoms with Crippen LogP contribution < -0.4 is 0 Å². The first-order valence-corrected chi connectivity index (χ1v) is 49.1. The van der Waals surface area contributed by atoms with Gasteiger partial charge in [0.25, 0.3) is 0 Å². The molecule has 0 spiro atoms. The number of rotatable bonds is 12. The molecular weight excluding hydrogens is 1730 g/mol. The Morgan fingerprint density at radius 2 is 0.364 bits per heavy atom. The predicted molar refractivity (Wildman–Crippen MR) is 591 cm³/mol. The maximum Gasteiger partial charge on any atom is 0.0973 e. The summed E-state index contributed by atoms with van der Waals surface area (Å²) in [6.45, 7) is 0. The van der Waals surface area contributed by atoms with Crippen LogP contribution in [0.1, 0.15) is 66.8 Å². The fourth-order valence-corrected chi connectivity index (χ4v) is 23.9. The van der Waals surface area contributed by atoms with Gasteiger partial charge in [-0.1, -0.05) is 491 Å². The van der Waals surface area contributed by atoms with E-state index in [2.05, 4.69) is 491 Å². The lowest BCUT2D eigenvalue weighted by atomic mass is 9.66. The van der Waals surface area contributed by atoms with Crippen molar-refractivity contribution in [1.82, 2.24) is 29.9 Å². The molecule has 6 nitrogen and oxygen atoms in total. The summed E-state index contributed by atoms with van der Waals surface area (Å²) >= 11 is 0. The minimum Gasteiger partial charge on any atom is -0.244 e. The molecule has 0 saturated heterocycles. The third-order valence-electron chi connectivity index (χ3n) is 29.9. The van der Waals surface area contributed by atoms with Gasteiger partial charge in [0.05, 0.1) is 83.5 Å². The Labute approximate surface area is 828 Å². The highest BCUT2D eigenvalue weighted by Crippen LogP contribution is 2.63. The van der Waals surface area contributed by atoms with Crippen LogP contribution in [0.4, 0.5) is 0 Å². The molecule has 0 unspecified atom stereocenters. The van der Waals surface area contributed by atoms with Crippen molar-refractivity contribution in [1.29, 1.82) is 0 Å². The van der Waals surface area contributed by atoms with Crippen molar-refractivity contribution in [3.8, 4) is 101 Å². The van der Waals surface area contributed by atoms with Crippen LogP contribution in [0.15, 0.2) is 534 Å². The van der Waals surface area contributed by atoms with Crippen LogP contribution in [-0.2, 0) is 16.2 Å². The number of nitrogens with zero attached hydrogens (tertiary/aromatic N) is 6. The number of para-hydroxylation sites is 2. The van der Waals surface area contributed by atoms with Gasteiger partial charge in [-0.2, -0.15) is 0 Å². The van der Waals surface area contributed by atoms with Crippen LogP contribution in [0, 0.1) is 0 Å². The van der Waals surface area contributed by atoms with Crippen molar-refractivity contribution in [3.05, 3.63) is 601 Å². The quantitative estimate of drug-likeness (QED) is 0.113. The van der Waals surface area contributed by atoms with Gasteiger partial charge in [0, 0.05) is 44.2 Å². The molecule has 0 atom stereocenters. The number of hydrogen-bond acceptors (Lipinski definition) is 6. The first-order valence-electron chi connectivity index (χ1n) is 49.1. The Morgan fingerprint density at radius 1 is 0.133 bits per heavy atom. The SMILES string of the molecule is c1ccc(-c2nc3c(ccc4ccccc43)nc2-c2ccc3c4c(ccc3c2)-c2ccccc2C4(c2ccccc2)c2ccccc2)cc1.c1ccc(-c2nc3ccc4ccccc4c3nc2-c2ccc3c4c(ccc3c2)-c2ccccc2C4(c2ccccc2)c2ccccc2)cc1.c1ccc(-c2nc3ccccc3nc2-c2ccc3c4c(ccc3c2)-c2ccccc2C4(c2ccccc2)c2ccccc2)cc1. The number of fused-ring (bicyclic) bond motifs is 22. The summed E-state index contributed by atoms with van der Waals surface area (Å²) in [5.74, 6) is 0. The van der Waals surface area contributed by atoms with Gasteiger partial charge in [-0.3, -0.25) is 0 Å². The highest BCUT2D eigenvalue weighted by molar-refractivity contribution is 6.10. The maximum atomic E-state index is 5.42. The third kappa shape index (κ3) is 13.5. The minimum atomic E-state index is -0.466. The Bertz CT molecular complexity index is 9380. The lowest BCUT2D eigenvalue weighted by molar-refractivity contribution is 0.775. The van der Waals surface area contributed by atoms with Gasteiger partial charge in [0.2, 0.25) is 0 Å². The van der Waals surface area contributed by atoms with Crippen molar-refractivity contribution in [2.45, 2.75) is 16.2 Å². The van der Waals surface area contributed by atoms with Crippen LogP contribution in [-0.4, -0.2) is 29.9 Å². The molecule has 0 radical (unpaired) electrons. The number of aromatic nitrogens is 6. The van der Waals surface area contributed by atoms with Gasteiger partial charge >= 0.3 is 0 Å². The average Bonchev–Trinajstić information content (AvgIpc) is 1.53. The molecule has 3 heterocycles. The molecule has 0 amide bonds. The Balaban J connectivity index is 0.000000107. The molecular formula is C137H88N6. The summed E-state index contributed by atoms with van der Waals surface area (Å²) in [4.78, 5) is 31.7. The van der Waals surface area contributed by atoms with Crippen molar-refractivity contribution in [2.24, 2.45) is 0 Å². The second-order valence-corrected chi connectivity index (χ2v) is 37.5. The smallest absolute Gasteiger partial charge is 0.0973 e. The Hall–Kier alpha value is -18.6. The predicted octanol–water partition coefficient (Wildman–Crippen LogP) is 33.7. The minimum absolute atomic E-state index is 0.451. The van der Waals surface area contributed by atoms with Crippen LogP contribution in [0.2, 0.25) is 0 Å². The fraction of sp³-hybridized carbons (Fsp3) is 0.0219. The van der Waals surface area contributed by atoms with Gasteiger partial charge in [0.1, 0.15) is 0 Å². The van der Waals surface area contributed by atoms with Crippen molar-refractivity contribution >= 4 is 87.0 Å². The lowest BCUT2D eigenvalue weighted by Gasteiger charge is -2.34. The largest absolute Gasteiger partial charge is 0.244 e. The number of benzene rings is 23. The zero-order valence-corrected chi connectivity index (χ0v) is 78.0. The van der Waals surface area contributed by atoms with Crippen LogP contribution in [0.3, 0.4) is 0 Å². The molecule has 0 N–H and O–H groups in total. The zero-order chi connectivity index (χ0) is 94.5. The second kappa shape index (κ2) is 34.5. The average molecular weight is 1820 g/mol. The number of hydrogen-bond donors (Lipinski definition) is 0. The molecule has 3 aromatic heterocycles. The molecule has 0 bridgehead atoms. The highest BCUT2D eigenvalue weighted by atomic mass is 14.9. The van der Waals surface area contributed by atoms with Crippen molar-refractivity contribution in [2.75, 3.05) is 0 Å². The molecule has 0 saturated carbocycles. The first-order chi connectivity index (χ1) is 70.9. The molecule has 3 aliphatic carbocycles. The van der Waals surface area contributed by atoms with Gasteiger partial charge in [-0.05, 0) is 186 Å². The van der Waals surface area contributed by atoms with Crippen LogP contribution in [0.25, 0.3) is 188 Å². The molecule has 23 aromatic carbocycles. The molecule has 6 heteroatoms. The van der Waals surface area contributed by atoms with E-state index in [9.17, 15) is 0 Å². The summed E-state index contributed by atoms with van der Waals surface area (Å²) in [6.07, 6.45) is 0. The van der Waals surface area contributed by atoms with Crippen LogP contribution >= 0.6 is 0 Å². The summed E-state index contributed by atoms with van der Waals surface area (Å²) < 4.78 is 0. The van der Waals surface area contributed by atoms with Crippen molar-refractivity contribution < 1.29 is 0 Å². The molecule has 29 rings (SSSR count). The van der Waals surface area contributed by atoms with E-state index in [1.807, 2.05) is 42.5 Å². The third-order valence-corrected chi connectivity index (χ3v) is 29.9. The fourth-order valence-electron chi connectivity index (χ4n) is 23.9. The van der Waals surface area contributed by atoms with E-state index in [0.717, 1.165) is 122 Å². The van der Waals surface area contributed by atoms with E-state index < -0.39 is 16.2 Å². The molecule has 26 aromatic rings. The van der Waals surface area contributed by atoms with E-state index in [-0.39, 0.29) is 0 Å². The molecule has 666 valence electrons. The second-order valence-electron chi connectivity index (χ2n) is 37.5. The van der Waals surface area contributed by atoms with E-state index in [1.54, 1.807) is 0 Å². The van der Waals surface area contributed by atoms with Gasteiger partial charge in [0.15, 0.2) is 0 Å². The highest BCUT2D eigenvalue weighted by Gasteiger charge is 2.51. The van der Waals surface area contributed by atoms with E-state index in [0.29, 0.717) is 0 Å². The summed E-state index contributed by atoms with van der Waals surface area (Å²) in [5, 5.41) is 11.8. The van der Waals surface area contributed by atoms with E-state index in [1.165, 1.54) is 132 Å². The van der Waals surface area contributed by atoms with Crippen molar-refractivity contribution in [3.63, 3.8) is 0 Å². The molecule has 0 aliphatic heterocycles. The molecule has 3 aliphatic rings.